The van der Waals surface area contributed by atoms with Crippen molar-refractivity contribution in [3.8, 4) is 0 Å². The van der Waals surface area contributed by atoms with E-state index in [1.165, 1.54) is 4.90 Å². The zero-order valence-corrected chi connectivity index (χ0v) is 25.0. The number of aliphatic hydroxyl groups is 1. The first-order chi connectivity index (χ1) is 18.2. The molecule has 1 spiro atoms. The van der Waals surface area contributed by atoms with Crippen molar-refractivity contribution in [2.75, 3.05) is 26.3 Å². The number of nitrogens with zero attached hydrogens (tertiary/aromatic N) is 2. The molecule has 3 aliphatic heterocycles. The molecule has 0 aromatic rings. The Bertz CT molecular complexity index is 955. The van der Waals surface area contributed by atoms with E-state index in [4.69, 9.17) is 9.47 Å². The average Bonchev–Trinajstić information content (AvgIpc) is 3.44. The fourth-order valence-electron chi connectivity index (χ4n) is 7.66. The van der Waals surface area contributed by atoms with Crippen LogP contribution in [0.15, 0.2) is 25.3 Å². The van der Waals surface area contributed by atoms with Crippen LogP contribution in [0.4, 0.5) is 0 Å². The van der Waals surface area contributed by atoms with Gasteiger partial charge in [0.25, 0.3) is 0 Å². The summed E-state index contributed by atoms with van der Waals surface area (Å²) in [5, 5.41) is 9.91. The summed E-state index contributed by atoms with van der Waals surface area (Å²) in [7, 11) is 0. The minimum Gasteiger partial charge on any atom is -0.465 e. The Kier molecular flexibility index (Phi) is 9.43. The van der Waals surface area contributed by atoms with Crippen molar-refractivity contribution >= 4 is 17.8 Å². The minimum absolute atomic E-state index is 0.000917. The highest BCUT2D eigenvalue weighted by molar-refractivity contribution is 5.98. The summed E-state index contributed by atoms with van der Waals surface area (Å²) < 4.78 is 12.5. The van der Waals surface area contributed by atoms with E-state index < -0.39 is 40.6 Å². The van der Waals surface area contributed by atoms with Crippen LogP contribution < -0.4 is 0 Å². The summed E-state index contributed by atoms with van der Waals surface area (Å²) in [6.07, 6.45) is 8.33. The molecule has 2 amide bonds. The Morgan fingerprint density at radius 3 is 2.44 bits per heavy atom. The Morgan fingerprint density at radius 2 is 1.87 bits per heavy atom. The van der Waals surface area contributed by atoms with Gasteiger partial charge in [0.15, 0.2) is 0 Å². The van der Waals surface area contributed by atoms with Crippen LogP contribution in [-0.2, 0) is 23.9 Å². The zero-order chi connectivity index (χ0) is 29.2. The van der Waals surface area contributed by atoms with Crippen LogP contribution in [-0.4, -0.2) is 81.8 Å². The summed E-state index contributed by atoms with van der Waals surface area (Å²) in [5.74, 6) is -2.55. The number of rotatable bonds is 14. The SMILES string of the molecule is C=CCCCCOC(=O)[C@H]1[C@H]2C(=O)N(CCO)C(C(=O)N(CC=C)C(C)(C)CC(C)(C)C)C23CC[C@]1(CC)O3. The maximum Gasteiger partial charge on any atom is 0.312 e. The highest BCUT2D eigenvalue weighted by Gasteiger charge is 2.79. The second-order valence-corrected chi connectivity index (χ2v) is 13.3. The maximum atomic E-state index is 14.6. The Labute approximate surface area is 234 Å². The number of β-amino-alcohol motifs (C(OH)–C–C–N with tert-alkyl or cyclic N) is 1. The predicted octanol–water partition coefficient (Wildman–Crippen LogP) is 4.26. The van der Waals surface area contributed by atoms with Gasteiger partial charge in [-0.2, -0.15) is 0 Å². The smallest absolute Gasteiger partial charge is 0.312 e. The van der Waals surface area contributed by atoms with E-state index in [9.17, 15) is 19.5 Å². The van der Waals surface area contributed by atoms with Gasteiger partial charge in [0.1, 0.15) is 17.6 Å². The topological polar surface area (TPSA) is 96.4 Å². The minimum atomic E-state index is -1.14. The van der Waals surface area contributed by atoms with Gasteiger partial charge in [-0.1, -0.05) is 39.8 Å². The molecule has 3 rings (SSSR count). The molecule has 0 saturated carbocycles. The quantitative estimate of drug-likeness (QED) is 0.199. The molecule has 8 nitrogen and oxygen atoms in total. The molecule has 1 N–H and O–H groups in total. The molecule has 0 aromatic carbocycles. The number of hydrogen-bond donors (Lipinski definition) is 1. The molecule has 0 aromatic heterocycles. The first-order valence-electron chi connectivity index (χ1n) is 14.6. The molecular formula is C31H50N2O6. The van der Waals surface area contributed by atoms with Crippen molar-refractivity contribution in [1.29, 1.82) is 0 Å². The molecular weight excluding hydrogens is 496 g/mol. The third-order valence-electron chi connectivity index (χ3n) is 8.83. The van der Waals surface area contributed by atoms with Gasteiger partial charge < -0.3 is 24.4 Å². The van der Waals surface area contributed by atoms with Gasteiger partial charge in [-0.25, -0.2) is 0 Å². The number of fused-ring (bicyclic) bond motifs is 1. The standard InChI is InChI=1S/C31H50N2O6/c1-9-12-13-14-20-38-27(37)23-22-25(35)32(18-19-34)24(31(22)16-15-30(23,11-3)39-31)26(36)33(17-10-2)29(7,8)21-28(4,5)6/h9-10,22-24,34H,1-2,11-21H2,3-8H3/t22-,23+,24?,30-,31?/m0/s1. The molecule has 5 atom stereocenters. The number of amides is 2. The van der Waals surface area contributed by atoms with Crippen LogP contribution >= 0.6 is 0 Å². The van der Waals surface area contributed by atoms with E-state index in [-0.39, 0.29) is 37.0 Å². The molecule has 3 heterocycles. The number of likely N-dealkylation sites (tertiary alicyclic amines) is 1. The second kappa shape index (κ2) is 11.7. The van der Waals surface area contributed by atoms with E-state index in [1.54, 1.807) is 11.0 Å². The molecule has 0 radical (unpaired) electrons. The van der Waals surface area contributed by atoms with E-state index in [0.717, 1.165) is 19.3 Å². The van der Waals surface area contributed by atoms with Crippen molar-refractivity contribution in [3.05, 3.63) is 25.3 Å². The fourth-order valence-corrected chi connectivity index (χ4v) is 7.66. The Morgan fingerprint density at radius 1 is 1.18 bits per heavy atom. The molecule has 2 unspecified atom stereocenters. The molecule has 2 bridgehead atoms. The number of aliphatic hydroxyl groups excluding tert-OH is 1. The highest BCUT2D eigenvalue weighted by atomic mass is 16.6. The number of ether oxygens (including phenoxy) is 2. The molecule has 39 heavy (non-hydrogen) atoms. The van der Waals surface area contributed by atoms with Gasteiger partial charge in [-0.3, -0.25) is 14.4 Å². The monoisotopic (exact) mass is 546 g/mol. The third-order valence-corrected chi connectivity index (χ3v) is 8.83. The number of carbonyl (C=O) groups excluding carboxylic acids is 3. The number of hydrogen-bond acceptors (Lipinski definition) is 6. The number of unbranched alkanes of at least 4 members (excludes halogenated alkanes) is 2. The molecule has 3 saturated heterocycles. The van der Waals surface area contributed by atoms with Gasteiger partial charge >= 0.3 is 5.97 Å². The maximum absolute atomic E-state index is 14.6. The average molecular weight is 547 g/mol. The molecule has 3 fully saturated rings. The summed E-state index contributed by atoms with van der Waals surface area (Å²) in [6.45, 7) is 20.4. The van der Waals surface area contributed by atoms with Crippen LogP contribution in [0, 0.1) is 17.3 Å². The highest BCUT2D eigenvalue weighted by Crippen LogP contribution is 2.64. The Hall–Kier alpha value is -2.19. The van der Waals surface area contributed by atoms with Gasteiger partial charge in [0, 0.05) is 18.6 Å². The van der Waals surface area contributed by atoms with Crippen molar-refractivity contribution in [1.82, 2.24) is 9.80 Å². The summed E-state index contributed by atoms with van der Waals surface area (Å²) in [5.41, 5.74) is -2.56. The fraction of sp³-hybridized carbons (Fsp3) is 0.774. The number of esters is 1. The third kappa shape index (κ3) is 5.69. The second-order valence-electron chi connectivity index (χ2n) is 13.3. The first kappa shape index (κ1) is 31.3. The van der Waals surface area contributed by atoms with Crippen LogP contribution in [0.3, 0.4) is 0 Å². The van der Waals surface area contributed by atoms with Gasteiger partial charge in [-0.05, 0) is 64.2 Å². The lowest BCUT2D eigenvalue weighted by Gasteiger charge is -2.45. The van der Waals surface area contributed by atoms with Crippen molar-refractivity contribution in [2.24, 2.45) is 17.3 Å². The van der Waals surface area contributed by atoms with Crippen LogP contribution in [0.25, 0.3) is 0 Å². The molecule has 0 aliphatic carbocycles. The lowest BCUT2D eigenvalue weighted by molar-refractivity contribution is -0.163. The molecule has 220 valence electrons. The van der Waals surface area contributed by atoms with Crippen LogP contribution in [0.5, 0.6) is 0 Å². The van der Waals surface area contributed by atoms with E-state index in [1.807, 2.05) is 26.8 Å². The van der Waals surface area contributed by atoms with E-state index in [0.29, 0.717) is 32.2 Å². The van der Waals surface area contributed by atoms with Crippen LogP contribution in [0.1, 0.15) is 86.5 Å². The van der Waals surface area contributed by atoms with Crippen LogP contribution in [0.2, 0.25) is 0 Å². The summed E-state index contributed by atoms with van der Waals surface area (Å²) in [6, 6.07) is -0.930. The van der Waals surface area contributed by atoms with E-state index >= 15 is 0 Å². The number of carbonyl (C=O) groups is 3. The first-order valence-corrected chi connectivity index (χ1v) is 14.6. The van der Waals surface area contributed by atoms with Gasteiger partial charge in [-0.15, -0.1) is 13.2 Å². The van der Waals surface area contributed by atoms with E-state index in [2.05, 4.69) is 33.9 Å². The summed E-state index contributed by atoms with van der Waals surface area (Å²) >= 11 is 0. The lowest BCUT2D eigenvalue weighted by Crippen LogP contribution is -2.61. The molecule has 8 heteroatoms. The normalized spacial score (nSPS) is 29.9. The predicted molar refractivity (Wildman–Crippen MR) is 151 cm³/mol. The largest absolute Gasteiger partial charge is 0.465 e. The van der Waals surface area contributed by atoms with Crippen molar-refractivity contribution in [3.63, 3.8) is 0 Å². The lowest BCUT2D eigenvalue weighted by atomic mass is 9.65. The van der Waals surface area contributed by atoms with Crippen molar-refractivity contribution in [2.45, 2.75) is 109 Å². The zero-order valence-electron chi connectivity index (χ0n) is 25.0. The molecule has 3 aliphatic rings. The Balaban J connectivity index is 2.01. The summed E-state index contributed by atoms with van der Waals surface area (Å²) in [4.78, 5) is 45.4. The van der Waals surface area contributed by atoms with Crippen molar-refractivity contribution < 1.29 is 29.0 Å². The number of allylic oxidation sites excluding steroid dienone is 1. The van der Waals surface area contributed by atoms with Gasteiger partial charge in [0.2, 0.25) is 11.8 Å². The van der Waals surface area contributed by atoms with Gasteiger partial charge in [0.05, 0.1) is 24.7 Å².